The van der Waals surface area contributed by atoms with E-state index >= 15 is 0 Å². The summed E-state index contributed by atoms with van der Waals surface area (Å²) in [6, 6.07) is 13.5. The number of hydrogen-bond acceptors (Lipinski definition) is 5. The summed E-state index contributed by atoms with van der Waals surface area (Å²) in [5, 5.41) is 16.2. The first-order valence-corrected chi connectivity index (χ1v) is 9.20. The number of rotatable bonds is 6. The number of morpholine rings is 1. The molecule has 1 heterocycles. The lowest BCUT2D eigenvalue weighted by Crippen LogP contribution is -2.40. The first-order valence-electron chi connectivity index (χ1n) is 9.20. The Bertz CT molecular complexity index is 842. The van der Waals surface area contributed by atoms with Crippen molar-refractivity contribution in [3.63, 3.8) is 0 Å². The number of benzene rings is 2. The second-order valence-corrected chi connectivity index (χ2v) is 6.85. The molecule has 0 aromatic heterocycles. The van der Waals surface area contributed by atoms with Crippen LogP contribution < -0.4 is 10.6 Å². The maximum Gasteiger partial charge on any atom is 0.319 e. The lowest BCUT2D eigenvalue weighted by Gasteiger charge is -2.31. The standard InChI is InChI=1S/C20H24N4O4/c1-15-13-23(8-9-28-15)14-17-5-2-4-16(10-17)12-21-20(25)22-18-6-3-7-19(11-18)24(26)27/h2-7,10-11,15H,8-9,12-14H2,1H3,(H2,21,22,25). The van der Waals surface area contributed by atoms with Crippen molar-refractivity contribution in [3.05, 3.63) is 69.8 Å². The number of amides is 2. The van der Waals surface area contributed by atoms with Gasteiger partial charge in [-0.05, 0) is 24.1 Å². The highest BCUT2D eigenvalue weighted by Gasteiger charge is 2.16. The number of carbonyl (C=O) groups excluding carboxylic acids is 1. The number of nitrogens with zero attached hydrogens (tertiary/aromatic N) is 2. The zero-order valence-electron chi connectivity index (χ0n) is 15.8. The molecule has 0 saturated carbocycles. The van der Waals surface area contributed by atoms with Crippen LogP contribution in [0.3, 0.4) is 0 Å². The van der Waals surface area contributed by atoms with Gasteiger partial charge in [-0.1, -0.05) is 30.3 Å². The zero-order chi connectivity index (χ0) is 19.9. The van der Waals surface area contributed by atoms with Crippen LogP contribution in [0.5, 0.6) is 0 Å². The van der Waals surface area contributed by atoms with Gasteiger partial charge in [-0.15, -0.1) is 0 Å². The smallest absolute Gasteiger partial charge is 0.319 e. The number of ether oxygens (including phenoxy) is 1. The first-order chi connectivity index (χ1) is 13.5. The molecule has 0 bridgehead atoms. The van der Waals surface area contributed by atoms with Gasteiger partial charge >= 0.3 is 6.03 Å². The summed E-state index contributed by atoms with van der Waals surface area (Å²) < 4.78 is 5.57. The molecule has 1 atom stereocenters. The predicted octanol–water partition coefficient (Wildman–Crippen LogP) is 3.14. The Kier molecular flexibility index (Phi) is 6.57. The van der Waals surface area contributed by atoms with Crippen LogP contribution in [0.2, 0.25) is 0 Å². The number of nitrogens with one attached hydrogen (secondary N) is 2. The minimum absolute atomic E-state index is 0.0667. The molecule has 28 heavy (non-hydrogen) atoms. The molecule has 0 aliphatic carbocycles. The Morgan fingerprint density at radius 1 is 1.25 bits per heavy atom. The normalized spacial score (nSPS) is 17.1. The van der Waals surface area contributed by atoms with E-state index in [1.807, 2.05) is 12.1 Å². The molecule has 3 rings (SSSR count). The molecule has 1 unspecified atom stereocenters. The average Bonchev–Trinajstić information content (AvgIpc) is 2.67. The lowest BCUT2D eigenvalue weighted by molar-refractivity contribution is -0.384. The Labute approximate surface area is 163 Å². The summed E-state index contributed by atoms with van der Waals surface area (Å²) in [5.41, 5.74) is 2.49. The van der Waals surface area contributed by atoms with Gasteiger partial charge in [-0.3, -0.25) is 15.0 Å². The quantitative estimate of drug-likeness (QED) is 0.589. The highest BCUT2D eigenvalue weighted by Crippen LogP contribution is 2.17. The first kappa shape index (κ1) is 19.8. The third kappa shape index (κ3) is 5.77. The second-order valence-electron chi connectivity index (χ2n) is 6.85. The predicted molar refractivity (Wildman–Crippen MR) is 106 cm³/mol. The van der Waals surface area contributed by atoms with Gasteiger partial charge in [0, 0.05) is 44.0 Å². The van der Waals surface area contributed by atoms with Crippen molar-refractivity contribution < 1.29 is 14.5 Å². The molecule has 1 aliphatic heterocycles. The summed E-state index contributed by atoms with van der Waals surface area (Å²) in [6.45, 7) is 5.87. The van der Waals surface area contributed by atoms with Crippen LogP contribution >= 0.6 is 0 Å². The molecule has 2 aromatic carbocycles. The summed E-state index contributed by atoms with van der Waals surface area (Å²) in [7, 11) is 0. The molecule has 2 N–H and O–H groups in total. The molecule has 8 heteroatoms. The Morgan fingerprint density at radius 3 is 2.82 bits per heavy atom. The van der Waals surface area contributed by atoms with Crippen LogP contribution in [-0.4, -0.2) is 41.7 Å². The van der Waals surface area contributed by atoms with E-state index in [0.29, 0.717) is 12.2 Å². The number of nitro benzene ring substituents is 1. The van der Waals surface area contributed by atoms with Crippen molar-refractivity contribution in [3.8, 4) is 0 Å². The summed E-state index contributed by atoms with van der Waals surface area (Å²) in [5.74, 6) is 0. The summed E-state index contributed by atoms with van der Waals surface area (Å²) >= 11 is 0. The van der Waals surface area contributed by atoms with Crippen molar-refractivity contribution in [2.75, 3.05) is 25.0 Å². The monoisotopic (exact) mass is 384 g/mol. The minimum Gasteiger partial charge on any atom is -0.376 e. The maximum absolute atomic E-state index is 12.1. The van der Waals surface area contributed by atoms with E-state index in [4.69, 9.17) is 4.74 Å². The van der Waals surface area contributed by atoms with Crippen LogP contribution in [-0.2, 0) is 17.8 Å². The van der Waals surface area contributed by atoms with Crippen molar-refractivity contribution in [1.29, 1.82) is 0 Å². The van der Waals surface area contributed by atoms with E-state index in [9.17, 15) is 14.9 Å². The summed E-state index contributed by atoms with van der Waals surface area (Å²) in [4.78, 5) is 24.8. The Balaban J connectivity index is 1.52. The van der Waals surface area contributed by atoms with Gasteiger partial charge < -0.3 is 15.4 Å². The maximum atomic E-state index is 12.1. The fourth-order valence-corrected chi connectivity index (χ4v) is 3.19. The van der Waals surface area contributed by atoms with Crippen LogP contribution in [0.15, 0.2) is 48.5 Å². The van der Waals surface area contributed by atoms with Crippen LogP contribution in [0.25, 0.3) is 0 Å². The fourth-order valence-electron chi connectivity index (χ4n) is 3.19. The molecule has 0 spiro atoms. The number of urea groups is 1. The largest absolute Gasteiger partial charge is 0.376 e. The average molecular weight is 384 g/mol. The molecular formula is C20H24N4O4. The van der Waals surface area contributed by atoms with Gasteiger partial charge in [0.25, 0.3) is 5.69 Å². The topological polar surface area (TPSA) is 96.7 Å². The molecule has 1 fully saturated rings. The number of hydrogen-bond donors (Lipinski definition) is 2. The number of carbonyl (C=O) groups is 1. The lowest BCUT2D eigenvalue weighted by atomic mass is 10.1. The van der Waals surface area contributed by atoms with Crippen LogP contribution in [0, 0.1) is 10.1 Å². The highest BCUT2D eigenvalue weighted by atomic mass is 16.6. The van der Waals surface area contributed by atoms with Crippen molar-refractivity contribution in [2.24, 2.45) is 0 Å². The molecule has 148 valence electrons. The van der Waals surface area contributed by atoms with Crippen LogP contribution in [0.1, 0.15) is 18.1 Å². The van der Waals surface area contributed by atoms with E-state index in [1.54, 1.807) is 6.07 Å². The van der Waals surface area contributed by atoms with E-state index in [2.05, 4.69) is 34.6 Å². The number of non-ortho nitro benzene ring substituents is 1. The minimum atomic E-state index is -0.496. The highest BCUT2D eigenvalue weighted by molar-refractivity contribution is 5.89. The molecule has 1 aliphatic rings. The van der Waals surface area contributed by atoms with Crippen molar-refractivity contribution in [2.45, 2.75) is 26.1 Å². The van der Waals surface area contributed by atoms with E-state index < -0.39 is 11.0 Å². The molecule has 1 saturated heterocycles. The Hall–Kier alpha value is -2.97. The van der Waals surface area contributed by atoms with Crippen molar-refractivity contribution in [1.82, 2.24) is 10.2 Å². The third-order valence-electron chi connectivity index (χ3n) is 4.49. The number of nitro groups is 1. The van der Waals surface area contributed by atoms with Gasteiger partial charge in [-0.25, -0.2) is 4.79 Å². The Morgan fingerprint density at radius 2 is 2.04 bits per heavy atom. The van der Waals surface area contributed by atoms with Gasteiger partial charge in [-0.2, -0.15) is 0 Å². The summed E-state index contributed by atoms with van der Waals surface area (Å²) in [6.07, 6.45) is 0.246. The van der Waals surface area contributed by atoms with Gasteiger partial charge in [0.1, 0.15) is 0 Å². The molecule has 8 nitrogen and oxygen atoms in total. The van der Waals surface area contributed by atoms with E-state index in [-0.39, 0.29) is 11.8 Å². The van der Waals surface area contributed by atoms with Gasteiger partial charge in [0.15, 0.2) is 0 Å². The molecule has 0 radical (unpaired) electrons. The van der Waals surface area contributed by atoms with Crippen molar-refractivity contribution >= 4 is 17.4 Å². The fraction of sp³-hybridized carbons (Fsp3) is 0.350. The third-order valence-corrected chi connectivity index (χ3v) is 4.49. The SMILES string of the molecule is CC1CN(Cc2cccc(CNC(=O)Nc3cccc([N+](=O)[O-])c3)c2)CCO1. The second kappa shape index (κ2) is 9.29. The number of anilines is 1. The zero-order valence-corrected chi connectivity index (χ0v) is 15.8. The molecule has 2 aromatic rings. The van der Waals surface area contributed by atoms with Gasteiger partial charge in [0.05, 0.1) is 17.6 Å². The van der Waals surface area contributed by atoms with E-state index in [0.717, 1.165) is 31.8 Å². The molecule has 2 amide bonds. The van der Waals surface area contributed by atoms with Gasteiger partial charge in [0.2, 0.25) is 0 Å². The van der Waals surface area contributed by atoms with Crippen LogP contribution in [0.4, 0.5) is 16.2 Å². The molecular weight excluding hydrogens is 360 g/mol. The van der Waals surface area contributed by atoms with E-state index in [1.165, 1.54) is 23.8 Å².